The average Bonchev–Trinajstić information content (AvgIpc) is 1.57. The van der Waals surface area contributed by atoms with Crippen LogP contribution in [0.25, 0.3) is 0 Å². The second-order valence-corrected chi connectivity index (χ2v) is 2.86. The van der Waals surface area contributed by atoms with Crippen LogP contribution in [0.5, 0.6) is 0 Å². The van der Waals surface area contributed by atoms with Crippen LogP contribution in [-0.4, -0.2) is 77.3 Å². The van der Waals surface area contributed by atoms with Gasteiger partial charge in [-0.2, -0.15) is 0 Å². The minimum absolute atomic E-state index is 0. The molecular weight excluding hydrogens is 287 g/mol. The van der Waals surface area contributed by atoms with E-state index >= 15 is 0 Å². The van der Waals surface area contributed by atoms with E-state index in [1.54, 1.807) is 0 Å². The predicted molar refractivity (Wildman–Crippen MR) is 28.7 cm³/mol. The summed E-state index contributed by atoms with van der Waals surface area (Å²) in [4.78, 5) is 0. The van der Waals surface area contributed by atoms with E-state index in [0.29, 0.717) is 0 Å². The van der Waals surface area contributed by atoms with Crippen molar-refractivity contribution in [3.8, 4) is 0 Å². The van der Waals surface area contributed by atoms with Gasteiger partial charge in [0, 0.05) is 0 Å². The summed E-state index contributed by atoms with van der Waals surface area (Å²) in [5.41, 5.74) is 0. The van der Waals surface area contributed by atoms with Crippen molar-refractivity contribution in [3.63, 3.8) is 0 Å². The van der Waals surface area contributed by atoms with Crippen molar-refractivity contribution in [3.05, 3.63) is 0 Å². The molecule has 12 heteroatoms. The average molecular weight is 288 g/mol. The summed E-state index contributed by atoms with van der Waals surface area (Å²) < 4.78 is 61.5. The molecular formula is HFeKO8S2. The molecule has 0 aliphatic heterocycles. The summed E-state index contributed by atoms with van der Waals surface area (Å²) in [7, 11) is -10.6. The standard InChI is InChI=1S/Fe.K.H2O8S2.H/c;;1-9(2,3)7-8-10(4,5)6;/h;;(H,1,2,3)(H,4,5,6);/q+2;;;/p-2. The van der Waals surface area contributed by atoms with E-state index in [0.717, 1.165) is 0 Å². The summed E-state index contributed by atoms with van der Waals surface area (Å²) in [6.45, 7) is 0. The van der Waals surface area contributed by atoms with Crippen LogP contribution in [0, 0.1) is 0 Å². The normalized spacial score (nSPS) is 11.2. The van der Waals surface area contributed by atoms with Crippen LogP contribution in [0.4, 0.5) is 0 Å². The zero-order valence-electron chi connectivity index (χ0n) is 4.44. The summed E-state index contributed by atoms with van der Waals surface area (Å²) >= 11 is 0. The van der Waals surface area contributed by atoms with Crippen molar-refractivity contribution in [2.24, 2.45) is 0 Å². The zero-order valence-corrected chi connectivity index (χ0v) is 7.17. The van der Waals surface area contributed by atoms with Crippen LogP contribution in [-0.2, 0) is 46.5 Å². The maximum atomic E-state index is 9.37. The fourth-order valence-corrected chi connectivity index (χ4v) is 0.612. The molecule has 0 saturated carbocycles. The van der Waals surface area contributed by atoms with E-state index < -0.39 is 20.8 Å². The number of rotatable bonds is 3. The van der Waals surface area contributed by atoms with Crippen molar-refractivity contribution in [1.29, 1.82) is 0 Å². The molecule has 0 aliphatic rings. The van der Waals surface area contributed by atoms with E-state index in [2.05, 4.69) is 8.67 Å². The molecule has 0 aliphatic carbocycles. The molecule has 12 heavy (non-hydrogen) atoms. The van der Waals surface area contributed by atoms with Crippen molar-refractivity contribution in [1.82, 2.24) is 0 Å². The Labute approximate surface area is 122 Å². The molecule has 0 atom stereocenters. The van der Waals surface area contributed by atoms with Gasteiger partial charge in [-0.3, -0.25) is 0 Å². The van der Waals surface area contributed by atoms with Crippen LogP contribution < -0.4 is 0 Å². The molecule has 0 aromatic rings. The minimum atomic E-state index is -5.31. The van der Waals surface area contributed by atoms with Gasteiger partial charge >= 0.3 is 68.5 Å². The van der Waals surface area contributed by atoms with Gasteiger partial charge in [-0.25, -0.2) is 16.8 Å². The van der Waals surface area contributed by atoms with Gasteiger partial charge in [0.2, 0.25) is 20.8 Å². The van der Waals surface area contributed by atoms with Gasteiger partial charge in [0.05, 0.1) is 0 Å². The summed E-state index contributed by atoms with van der Waals surface area (Å²) in [5, 5.41) is 0. The first-order valence-corrected chi connectivity index (χ1v) is 4.17. The first kappa shape index (κ1) is 19.5. The first-order valence-electron chi connectivity index (χ1n) is 1.50. The van der Waals surface area contributed by atoms with Gasteiger partial charge < -0.3 is 9.11 Å². The van der Waals surface area contributed by atoms with E-state index in [9.17, 15) is 25.9 Å². The number of hydrogen-bond donors (Lipinski definition) is 0. The molecule has 0 saturated heterocycles. The van der Waals surface area contributed by atoms with Crippen molar-refractivity contribution < 1.29 is 51.7 Å². The fourth-order valence-electron chi connectivity index (χ4n) is 0.0680. The van der Waals surface area contributed by atoms with E-state index in [4.69, 9.17) is 0 Å². The third-order valence-corrected chi connectivity index (χ3v) is 0.750. The Bertz CT molecular complexity index is 253. The Morgan fingerprint density at radius 1 is 0.833 bits per heavy atom. The van der Waals surface area contributed by atoms with Crippen LogP contribution in [0.15, 0.2) is 0 Å². The predicted octanol–water partition coefficient (Wildman–Crippen LogP) is -2.80. The molecule has 70 valence electrons. The molecule has 0 amide bonds. The van der Waals surface area contributed by atoms with Crippen LogP contribution >= 0.6 is 0 Å². The quantitative estimate of drug-likeness (QED) is 0.179. The van der Waals surface area contributed by atoms with Crippen molar-refractivity contribution in [2.75, 3.05) is 0 Å². The molecule has 0 aromatic carbocycles. The van der Waals surface area contributed by atoms with Gasteiger partial charge in [-0.15, -0.1) is 8.67 Å². The monoisotopic (exact) mass is 288 g/mol. The molecule has 0 bridgehead atoms. The second kappa shape index (κ2) is 7.22. The Morgan fingerprint density at radius 2 is 1.00 bits per heavy atom. The van der Waals surface area contributed by atoms with Gasteiger partial charge in [0.1, 0.15) is 0 Å². The van der Waals surface area contributed by atoms with E-state index in [-0.39, 0.29) is 68.5 Å². The Morgan fingerprint density at radius 3 is 1.08 bits per heavy atom. The molecule has 0 unspecified atom stereocenters. The molecule has 0 aromatic heterocycles. The summed E-state index contributed by atoms with van der Waals surface area (Å²) in [5.74, 6) is 0. The SMILES string of the molecule is O=S(=O)([O-])OOS(=O)(=O)[O-].[Fe+2].[KH]. The van der Waals surface area contributed by atoms with E-state index in [1.807, 2.05) is 0 Å². The molecule has 0 fully saturated rings. The van der Waals surface area contributed by atoms with Crippen LogP contribution in [0.2, 0.25) is 0 Å². The Hall–Kier alpha value is 1.90. The molecule has 0 heterocycles. The van der Waals surface area contributed by atoms with Crippen molar-refractivity contribution in [2.45, 2.75) is 0 Å². The Balaban J connectivity index is -0.000000405. The van der Waals surface area contributed by atoms with Gasteiger partial charge in [0.15, 0.2) is 0 Å². The molecule has 0 N–H and O–H groups in total. The zero-order chi connectivity index (χ0) is 8.41. The third kappa shape index (κ3) is 17.8. The third-order valence-electron chi connectivity index (χ3n) is 0.194. The second-order valence-electron chi connectivity index (χ2n) is 0.953. The van der Waals surface area contributed by atoms with Crippen LogP contribution in [0.3, 0.4) is 0 Å². The van der Waals surface area contributed by atoms with Gasteiger partial charge in [0.25, 0.3) is 0 Å². The van der Waals surface area contributed by atoms with Crippen molar-refractivity contribution >= 4 is 72.2 Å². The number of hydrogen-bond acceptors (Lipinski definition) is 8. The first-order chi connectivity index (χ1) is 4.21. The summed E-state index contributed by atoms with van der Waals surface area (Å²) in [6, 6.07) is 0. The molecule has 0 radical (unpaired) electrons. The topological polar surface area (TPSA) is 133 Å². The molecule has 8 nitrogen and oxygen atoms in total. The summed E-state index contributed by atoms with van der Waals surface area (Å²) in [6.07, 6.45) is 0. The Kier molecular flexibility index (Phi) is 11.7. The van der Waals surface area contributed by atoms with E-state index in [1.165, 1.54) is 0 Å². The molecule has 0 rings (SSSR count). The van der Waals surface area contributed by atoms with Gasteiger partial charge in [-0.05, 0) is 0 Å². The fraction of sp³-hybridized carbons (Fsp3) is 0. The van der Waals surface area contributed by atoms with Gasteiger partial charge in [-0.1, -0.05) is 0 Å². The maximum absolute atomic E-state index is 9.37. The van der Waals surface area contributed by atoms with Crippen LogP contribution in [0.1, 0.15) is 0 Å². The molecule has 0 spiro atoms.